The number of hydrogen-bond donors (Lipinski definition) is 0. The number of amides is 2. The van der Waals surface area contributed by atoms with E-state index in [1.807, 2.05) is 19.9 Å². The highest BCUT2D eigenvalue weighted by molar-refractivity contribution is 8.00. The topological polar surface area (TPSA) is 89.7 Å². The van der Waals surface area contributed by atoms with Crippen LogP contribution in [0.4, 0.5) is 5.69 Å². The minimum absolute atomic E-state index is 0.114. The normalized spacial score (nSPS) is 17.1. The van der Waals surface area contributed by atoms with E-state index < -0.39 is 5.25 Å². The Hall–Kier alpha value is -2.94. The molecule has 1 atom stereocenters. The SMILES string of the molecule is COc1ccc(N2C(=O)CC(Sc3nnc4nc(C)cc(C)n34)C2=O)cc1. The number of nitrogens with zero attached hydrogens (tertiary/aromatic N) is 5. The molecule has 4 rings (SSSR count). The van der Waals surface area contributed by atoms with Crippen molar-refractivity contribution in [3.05, 3.63) is 41.7 Å². The molecule has 1 aliphatic heterocycles. The minimum Gasteiger partial charge on any atom is -0.497 e. The van der Waals surface area contributed by atoms with Gasteiger partial charge in [0.25, 0.3) is 5.78 Å². The second-order valence-electron chi connectivity index (χ2n) is 6.23. The predicted octanol–water partition coefficient (Wildman–Crippen LogP) is 2.17. The molecule has 0 saturated carbocycles. The molecule has 2 amide bonds. The van der Waals surface area contributed by atoms with Crippen LogP contribution in [0, 0.1) is 13.8 Å². The van der Waals surface area contributed by atoms with E-state index in [4.69, 9.17) is 4.74 Å². The van der Waals surface area contributed by atoms with Crippen LogP contribution in [0.1, 0.15) is 17.8 Å². The van der Waals surface area contributed by atoms with E-state index in [0.29, 0.717) is 22.4 Å². The molecule has 138 valence electrons. The van der Waals surface area contributed by atoms with Crippen LogP contribution in [0.2, 0.25) is 0 Å². The maximum Gasteiger partial charge on any atom is 0.256 e. The molecule has 0 bridgehead atoms. The highest BCUT2D eigenvalue weighted by atomic mass is 32.2. The van der Waals surface area contributed by atoms with E-state index in [9.17, 15) is 9.59 Å². The van der Waals surface area contributed by atoms with E-state index >= 15 is 0 Å². The first-order valence-corrected chi connectivity index (χ1v) is 9.23. The summed E-state index contributed by atoms with van der Waals surface area (Å²) < 4.78 is 6.92. The maximum absolute atomic E-state index is 12.9. The molecule has 1 unspecified atom stereocenters. The number of aryl methyl sites for hydroxylation is 2. The summed E-state index contributed by atoms with van der Waals surface area (Å²) in [7, 11) is 1.56. The van der Waals surface area contributed by atoms with Crippen molar-refractivity contribution in [1.82, 2.24) is 19.6 Å². The van der Waals surface area contributed by atoms with Gasteiger partial charge in [-0.25, -0.2) is 9.88 Å². The summed E-state index contributed by atoms with van der Waals surface area (Å²) in [5.41, 5.74) is 2.31. The first-order valence-electron chi connectivity index (χ1n) is 8.35. The number of carbonyl (C=O) groups excluding carboxylic acids is 2. The molecule has 1 saturated heterocycles. The van der Waals surface area contributed by atoms with Crippen molar-refractivity contribution in [2.75, 3.05) is 12.0 Å². The van der Waals surface area contributed by atoms with Gasteiger partial charge < -0.3 is 4.74 Å². The summed E-state index contributed by atoms with van der Waals surface area (Å²) in [5.74, 6) is 0.655. The van der Waals surface area contributed by atoms with Crippen LogP contribution in [0.25, 0.3) is 5.78 Å². The third kappa shape index (κ3) is 3.03. The summed E-state index contributed by atoms with van der Waals surface area (Å²) in [6.45, 7) is 3.82. The van der Waals surface area contributed by atoms with Gasteiger partial charge in [-0.2, -0.15) is 0 Å². The number of methoxy groups -OCH3 is 1. The third-order valence-corrected chi connectivity index (χ3v) is 5.47. The zero-order valence-corrected chi connectivity index (χ0v) is 15.9. The van der Waals surface area contributed by atoms with Gasteiger partial charge in [-0.3, -0.25) is 14.0 Å². The van der Waals surface area contributed by atoms with Crippen molar-refractivity contribution in [2.24, 2.45) is 0 Å². The molecule has 1 aromatic carbocycles. The van der Waals surface area contributed by atoms with E-state index in [1.54, 1.807) is 35.8 Å². The lowest BCUT2D eigenvalue weighted by molar-refractivity contribution is -0.121. The quantitative estimate of drug-likeness (QED) is 0.638. The standard InChI is InChI=1S/C18H17N5O3S/c1-10-8-11(2)22-17(19-10)20-21-18(22)27-14-9-15(24)23(16(14)25)12-4-6-13(26-3)7-5-12/h4-8,14H,9H2,1-3H3. The number of carbonyl (C=O) groups is 2. The average Bonchev–Trinajstić information content (AvgIpc) is 3.16. The van der Waals surface area contributed by atoms with Crippen molar-refractivity contribution in [3.8, 4) is 5.75 Å². The molecule has 1 aliphatic rings. The Morgan fingerprint density at radius 1 is 1.15 bits per heavy atom. The van der Waals surface area contributed by atoms with Crippen LogP contribution in [0.15, 0.2) is 35.5 Å². The average molecular weight is 383 g/mol. The summed E-state index contributed by atoms with van der Waals surface area (Å²) in [4.78, 5) is 30.9. The molecular weight excluding hydrogens is 366 g/mol. The third-order valence-electron chi connectivity index (χ3n) is 4.35. The highest BCUT2D eigenvalue weighted by Crippen LogP contribution is 2.34. The number of fused-ring (bicyclic) bond motifs is 1. The predicted molar refractivity (Wildman–Crippen MR) is 100 cm³/mol. The smallest absolute Gasteiger partial charge is 0.256 e. The molecular formula is C18H17N5O3S. The fraction of sp³-hybridized carbons (Fsp3) is 0.278. The van der Waals surface area contributed by atoms with Gasteiger partial charge in [0.15, 0.2) is 5.16 Å². The van der Waals surface area contributed by atoms with Gasteiger partial charge in [0.2, 0.25) is 11.8 Å². The molecule has 27 heavy (non-hydrogen) atoms. The number of benzene rings is 1. The summed E-state index contributed by atoms with van der Waals surface area (Å²) in [6, 6.07) is 8.77. The zero-order chi connectivity index (χ0) is 19.1. The number of rotatable bonds is 4. The number of aromatic nitrogens is 4. The molecule has 9 heteroatoms. The summed E-state index contributed by atoms with van der Waals surface area (Å²) in [5, 5.41) is 8.24. The van der Waals surface area contributed by atoms with Gasteiger partial charge in [-0.15, -0.1) is 10.2 Å². The van der Waals surface area contributed by atoms with Crippen LogP contribution in [0.5, 0.6) is 5.75 Å². The highest BCUT2D eigenvalue weighted by Gasteiger charge is 2.41. The van der Waals surface area contributed by atoms with E-state index in [2.05, 4.69) is 15.2 Å². The first kappa shape index (κ1) is 17.5. The molecule has 3 heterocycles. The number of hydrogen-bond acceptors (Lipinski definition) is 7. The summed E-state index contributed by atoms with van der Waals surface area (Å²) in [6.07, 6.45) is 0.114. The van der Waals surface area contributed by atoms with E-state index in [-0.39, 0.29) is 18.2 Å². The first-order chi connectivity index (χ1) is 13.0. The fourth-order valence-electron chi connectivity index (χ4n) is 3.10. The number of thioether (sulfide) groups is 1. The van der Waals surface area contributed by atoms with Crippen molar-refractivity contribution >= 4 is 35.0 Å². The fourth-order valence-corrected chi connectivity index (χ4v) is 4.21. The van der Waals surface area contributed by atoms with Gasteiger partial charge in [-0.1, -0.05) is 11.8 Å². The van der Waals surface area contributed by atoms with Crippen LogP contribution >= 0.6 is 11.8 Å². The molecule has 3 aromatic rings. The van der Waals surface area contributed by atoms with Gasteiger partial charge in [-0.05, 0) is 44.2 Å². The largest absolute Gasteiger partial charge is 0.497 e. The molecule has 1 fully saturated rings. The zero-order valence-electron chi connectivity index (χ0n) is 15.0. The van der Waals surface area contributed by atoms with Crippen LogP contribution in [-0.4, -0.2) is 43.8 Å². The Balaban J connectivity index is 1.61. The number of imide groups is 1. The Kier molecular flexibility index (Phi) is 4.31. The van der Waals surface area contributed by atoms with Gasteiger partial charge in [0.1, 0.15) is 11.0 Å². The van der Waals surface area contributed by atoms with E-state index in [1.165, 1.54) is 16.7 Å². The maximum atomic E-state index is 12.9. The number of ether oxygens (including phenoxy) is 1. The second-order valence-corrected chi connectivity index (χ2v) is 7.40. The molecule has 8 nitrogen and oxygen atoms in total. The van der Waals surface area contributed by atoms with Crippen molar-refractivity contribution < 1.29 is 14.3 Å². The second kappa shape index (κ2) is 6.66. The van der Waals surface area contributed by atoms with E-state index in [0.717, 1.165) is 11.4 Å². The summed E-state index contributed by atoms with van der Waals surface area (Å²) >= 11 is 1.24. The lowest BCUT2D eigenvalue weighted by Crippen LogP contribution is -2.31. The molecule has 0 aliphatic carbocycles. The van der Waals surface area contributed by atoms with Crippen LogP contribution in [-0.2, 0) is 9.59 Å². The number of anilines is 1. The van der Waals surface area contributed by atoms with Crippen LogP contribution in [0.3, 0.4) is 0 Å². The van der Waals surface area contributed by atoms with Crippen molar-refractivity contribution in [2.45, 2.75) is 30.7 Å². The van der Waals surface area contributed by atoms with Gasteiger partial charge in [0.05, 0.1) is 12.8 Å². The lowest BCUT2D eigenvalue weighted by atomic mass is 10.3. The van der Waals surface area contributed by atoms with Crippen molar-refractivity contribution in [3.63, 3.8) is 0 Å². The Morgan fingerprint density at radius 3 is 2.59 bits per heavy atom. The molecule has 0 N–H and O–H groups in total. The monoisotopic (exact) mass is 383 g/mol. The minimum atomic E-state index is -0.548. The Bertz CT molecular complexity index is 1050. The van der Waals surface area contributed by atoms with Crippen LogP contribution < -0.4 is 9.64 Å². The van der Waals surface area contributed by atoms with Crippen molar-refractivity contribution in [1.29, 1.82) is 0 Å². The Morgan fingerprint density at radius 2 is 1.89 bits per heavy atom. The molecule has 0 radical (unpaired) electrons. The molecule has 2 aromatic heterocycles. The molecule has 0 spiro atoms. The van der Waals surface area contributed by atoms with Gasteiger partial charge >= 0.3 is 0 Å². The van der Waals surface area contributed by atoms with Gasteiger partial charge in [0, 0.05) is 17.8 Å². The Labute approximate surface area is 159 Å². The lowest BCUT2D eigenvalue weighted by Gasteiger charge is -2.15.